The Morgan fingerprint density at radius 3 is 2.39 bits per heavy atom. The molecule has 0 atom stereocenters. The summed E-state index contributed by atoms with van der Waals surface area (Å²) in [6.45, 7) is 0. The topological polar surface area (TPSA) is 82.1 Å². The standard InChI is InChI=1S/C29H29F3N4O2/c1-36(2)26-15-24(20-9-7-19(8-10-20)18-5-3-17(4-6-18)13-27(37)38)33-16-22(26)28-34-23-12-11-21(29(30,31)32)14-25(23)35-28/h7-12,14-18H,3-6,13H2,1-2H3,(H,34,35)(H,37,38)/t17-,18-. The van der Waals surface area contributed by atoms with Crippen LogP contribution in [-0.2, 0) is 11.0 Å². The summed E-state index contributed by atoms with van der Waals surface area (Å²) in [5.74, 6) is 0.446. The lowest BCUT2D eigenvalue weighted by atomic mass is 9.77. The monoisotopic (exact) mass is 522 g/mol. The summed E-state index contributed by atoms with van der Waals surface area (Å²) in [6.07, 6.45) is 1.40. The van der Waals surface area contributed by atoms with Crippen molar-refractivity contribution in [3.05, 3.63) is 65.9 Å². The summed E-state index contributed by atoms with van der Waals surface area (Å²) in [4.78, 5) is 25.1. The van der Waals surface area contributed by atoms with Crippen molar-refractivity contribution < 1.29 is 23.1 Å². The minimum absolute atomic E-state index is 0.254. The first-order chi connectivity index (χ1) is 18.1. The van der Waals surface area contributed by atoms with Gasteiger partial charge in [0.15, 0.2) is 0 Å². The molecule has 0 spiro atoms. The van der Waals surface area contributed by atoms with Crippen LogP contribution >= 0.6 is 0 Å². The van der Waals surface area contributed by atoms with Crippen LogP contribution in [0.5, 0.6) is 0 Å². The van der Waals surface area contributed by atoms with Crippen LogP contribution in [0.25, 0.3) is 33.7 Å². The molecule has 198 valence electrons. The van der Waals surface area contributed by atoms with Crippen molar-refractivity contribution in [1.82, 2.24) is 15.0 Å². The molecule has 1 aliphatic rings. The Kier molecular flexibility index (Phi) is 6.86. The van der Waals surface area contributed by atoms with Crippen molar-refractivity contribution in [2.75, 3.05) is 19.0 Å². The highest BCUT2D eigenvalue weighted by atomic mass is 19.4. The summed E-state index contributed by atoms with van der Waals surface area (Å²) in [7, 11) is 3.80. The van der Waals surface area contributed by atoms with Gasteiger partial charge in [0, 0.05) is 32.3 Å². The molecule has 38 heavy (non-hydrogen) atoms. The molecule has 0 amide bonds. The molecule has 9 heteroatoms. The maximum Gasteiger partial charge on any atom is 0.416 e. The van der Waals surface area contributed by atoms with Gasteiger partial charge in [0.25, 0.3) is 0 Å². The zero-order valence-electron chi connectivity index (χ0n) is 21.2. The van der Waals surface area contributed by atoms with Gasteiger partial charge in [-0.3, -0.25) is 9.78 Å². The number of benzene rings is 2. The van der Waals surface area contributed by atoms with E-state index in [0.717, 1.165) is 54.8 Å². The maximum atomic E-state index is 13.1. The molecular formula is C29H29F3N4O2. The summed E-state index contributed by atoms with van der Waals surface area (Å²) in [6, 6.07) is 13.8. The first-order valence-corrected chi connectivity index (χ1v) is 12.7. The van der Waals surface area contributed by atoms with E-state index in [1.165, 1.54) is 11.6 Å². The van der Waals surface area contributed by atoms with Gasteiger partial charge in [-0.05, 0) is 67.3 Å². The summed E-state index contributed by atoms with van der Waals surface area (Å²) < 4.78 is 39.4. The molecule has 0 bridgehead atoms. The Morgan fingerprint density at radius 1 is 1.05 bits per heavy atom. The fourth-order valence-electron chi connectivity index (χ4n) is 5.34. The number of aliphatic carboxylic acids is 1. The van der Waals surface area contributed by atoms with Gasteiger partial charge < -0.3 is 15.0 Å². The number of carboxylic acid groups (broad SMARTS) is 1. The van der Waals surface area contributed by atoms with E-state index in [0.29, 0.717) is 28.3 Å². The van der Waals surface area contributed by atoms with Gasteiger partial charge in [-0.15, -0.1) is 0 Å². The highest BCUT2D eigenvalue weighted by Gasteiger charge is 2.31. The molecule has 1 fully saturated rings. The van der Waals surface area contributed by atoms with Gasteiger partial charge >= 0.3 is 12.1 Å². The Morgan fingerprint density at radius 2 is 1.76 bits per heavy atom. The maximum absolute atomic E-state index is 13.1. The highest BCUT2D eigenvalue weighted by molar-refractivity contribution is 5.84. The van der Waals surface area contributed by atoms with Gasteiger partial charge in [0.2, 0.25) is 0 Å². The van der Waals surface area contributed by atoms with Crippen molar-refractivity contribution in [3.8, 4) is 22.6 Å². The van der Waals surface area contributed by atoms with Crippen molar-refractivity contribution in [2.24, 2.45) is 5.92 Å². The van der Waals surface area contributed by atoms with Gasteiger partial charge in [-0.2, -0.15) is 13.2 Å². The molecule has 0 unspecified atom stereocenters. The number of hydrogen-bond donors (Lipinski definition) is 2. The normalized spacial score (nSPS) is 18.0. The van der Waals surface area contributed by atoms with Crippen LogP contribution in [0.2, 0.25) is 0 Å². The van der Waals surface area contributed by atoms with E-state index in [-0.39, 0.29) is 12.3 Å². The zero-order chi connectivity index (χ0) is 27.0. The number of aromatic nitrogens is 3. The second-order valence-corrected chi connectivity index (χ2v) is 10.2. The molecule has 4 aromatic rings. The van der Waals surface area contributed by atoms with E-state index >= 15 is 0 Å². The predicted octanol–water partition coefficient (Wildman–Crippen LogP) is 7.13. The fraction of sp³-hybridized carbons (Fsp3) is 0.345. The molecule has 2 aromatic heterocycles. The molecule has 2 heterocycles. The number of pyridine rings is 1. The molecule has 5 rings (SSSR count). The van der Waals surface area contributed by atoms with E-state index in [9.17, 15) is 18.0 Å². The zero-order valence-corrected chi connectivity index (χ0v) is 21.2. The number of imidazole rings is 1. The molecular weight excluding hydrogens is 493 g/mol. The van der Waals surface area contributed by atoms with Crippen LogP contribution in [0.15, 0.2) is 54.7 Å². The number of carboxylic acids is 1. The van der Waals surface area contributed by atoms with Crippen molar-refractivity contribution in [1.29, 1.82) is 0 Å². The number of anilines is 1. The average molecular weight is 523 g/mol. The summed E-state index contributed by atoms with van der Waals surface area (Å²) in [5.41, 5.74) is 4.58. The van der Waals surface area contributed by atoms with Gasteiger partial charge in [0.1, 0.15) is 5.82 Å². The average Bonchev–Trinajstić information content (AvgIpc) is 3.31. The SMILES string of the molecule is CN(C)c1cc(-c2ccc([C@H]3CC[C@H](CC(=O)O)CC3)cc2)ncc1-c1nc2ccc(C(F)(F)F)cc2[nH]1. The molecule has 1 aliphatic carbocycles. The number of hydrogen-bond acceptors (Lipinski definition) is 4. The Labute approximate surface area is 218 Å². The van der Waals surface area contributed by atoms with E-state index in [4.69, 9.17) is 5.11 Å². The number of nitrogens with zero attached hydrogens (tertiary/aromatic N) is 3. The van der Waals surface area contributed by atoms with E-state index < -0.39 is 17.7 Å². The molecule has 6 nitrogen and oxygen atoms in total. The third kappa shape index (κ3) is 5.37. The summed E-state index contributed by atoms with van der Waals surface area (Å²) in [5, 5.41) is 9.04. The van der Waals surface area contributed by atoms with Crippen LogP contribution in [0.1, 0.15) is 49.1 Å². The molecule has 2 aromatic carbocycles. The smallest absolute Gasteiger partial charge is 0.416 e. The van der Waals surface area contributed by atoms with Gasteiger partial charge in [-0.25, -0.2) is 4.98 Å². The van der Waals surface area contributed by atoms with Crippen molar-refractivity contribution in [2.45, 2.75) is 44.2 Å². The number of H-pyrrole nitrogens is 1. The summed E-state index contributed by atoms with van der Waals surface area (Å²) >= 11 is 0. The largest absolute Gasteiger partial charge is 0.481 e. The number of fused-ring (bicyclic) bond motifs is 1. The van der Waals surface area contributed by atoms with Crippen LogP contribution < -0.4 is 4.90 Å². The van der Waals surface area contributed by atoms with Crippen molar-refractivity contribution >= 4 is 22.7 Å². The first kappa shape index (κ1) is 25.8. The van der Waals surface area contributed by atoms with Crippen molar-refractivity contribution in [3.63, 3.8) is 0 Å². The number of aromatic amines is 1. The Balaban J connectivity index is 1.38. The van der Waals surface area contributed by atoms with Crippen LogP contribution in [0, 0.1) is 5.92 Å². The van der Waals surface area contributed by atoms with E-state index in [2.05, 4.69) is 39.2 Å². The number of nitrogens with one attached hydrogen (secondary N) is 1. The van der Waals surface area contributed by atoms with Gasteiger partial charge in [0.05, 0.1) is 33.5 Å². The first-order valence-electron chi connectivity index (χ1n) is 12.7. The lowest BCUT2D eigenvalue weighted by Gasteiger charge is -2.28. The lowest BCUT2D eigenvalue weighted by molar-refractivity contribution is -0.138. The third-order valence-electron chi connectivity index (χ3n) is 7.42. The minimum Gasteiger partial charge on any atom is -0.481 e. The quantitative estimate of drug-likeness (QED) is 0.282. The molecule has 0 radical (unpaired) electrons. The number of rotatable bonds is 6. The van der Waals surface area contributed by atoms with Crippen LogP contribution in [0.4, 0.5) is 18.9 Å². The number of halogens is 3. The fourth-order valence-corrected chi connectivity index (χ4v) is 5.34. The van der Waals surface area contributed by atoms with Crippen LogP contribution in [-0.4, -0.2) is 40.1 Å². The Bertz CT molecular complexity index is 1450. The van der Waals surface area contributed by atoms with E-state index in [1.807, 2.05) is 25.1 Å². The molecule has 0 saturated heterocycles. The molecule has 1 saturated carbocycles. The molecule has 2 N–H and O–H groups in total. The van der Waals surface area contributed by atoms with Crippen LogP contribution in [0.3, 0.4) is 0 Å². The predicted molar refractivity (Wildman–Crippen MR) is 141 cm³/mol. The Hall–Kier alpha value is -3.88. The highest BCUT2D eigenvalue weighted by Crippen LogP contribution is 2.38. The second kappa shape index (κ2) is 10.1. The van der Waals surface area contributed by atoms with E-state index in [1.54, 1.807) is 6.20 Å². The minimum atomic E-state index is -4.42. The number of carbonyl (C=O) groups is 1. The lowest BCUT2D eigenvalue weighted by Crippen LogP contribution is -2.16. The number of alkyl halides is 3. The second-order valence-electron chi connectivity index (χ2n) is 10.2. The van der Waals surface area contributed by atoms with Gasteiger partial charge in [-0.1, -0.05) is 24.3 Å². The third-order valence-corrected chi connectivity index (χ3v) is 7.42. The molecule has 0 aliphatic heterocycles.